The third kappa shape index (κ3) is 2.55. The van der Waals surface area contributed by atoms with E-state index in [1.807, 2.05) is 0 Å². The number of nitrogens with two attached hydrogens (primary N) is 1. The van der Waals surface area contributed by atoms with Crippen LogP contribution in [0.2, 0.25) is 0 Å². The number of rotatable bonds is 3. The van der Waals surface area contributed by atoms with Gasteiger partial charge in [0.25, 0.3) is 5.91 Å². The highest BCUT2D eigenvalue weighted by Gasteiger charge is 2.20. The molecule has 5 heteroatoms. The van der Waals surface area contributed by atoms with E-state index in [0.717, 1.165) is 12.8 Å². The molecule has 1 fully saturated rings. The first-order chi connectivity index (χ1) is 8.20. The molecule has 0 bridgehead atoms. The Morgan fingerprint density at radius 2 is 2.12 bits per heavy atom. The van der Waals surface area contributed by atoms with E-state index in [1.165, 1.54) is 6.42 Å². The first-order valence-corrected chi connectivity index (χ1v) is 5.59. The van der Waals surface area contributed by atoms with Crippen molar-refractivity contribution in [3.05, 3.63) is 35.4 Å². The Labute approximate surface area is 99.3 Å². The smallest absolute Gasteiger partial charge is 0.251 e. The summed E-state index contributed by atoms with van der Waals surface area (Å²) in [6.07, 6.45) is 3.27. The van der Waals surface area contributed by atoms with Gasteiger partial charge >= 0.3 is 0 Å². The Bertz CT molecular complexity index is 453. The molecule has 0 spiro atoms. The predicted octanol–water partition coefficient (Wildman–Crippen LogP) is 1.06. The number of nitrogens with zero attached hydrogens (tertiary/aromatic N) is 1. The van der Waals surface area contributed by atoms with E-state index in [1.54, 1.807) is 24.3 Å². The maximum absolute atomic E-state index is 11.9. The lowest BCUT2D eigenvalue weighted by atomic mass is 9.93. The molecule has 0 radical (unpaired) electrons. The van der Waals surface area contributed by atoms with Gasteiger partial charge < -0.3 is 16.3 Å². The van der Waals surface area contributed by atoms with E-state index in [-0.39, 0.29) is 11.7 Å². The van der Waals surface area contributed by atoms with Crippen LogP contribution in [-0.4, -0.2) is 23.0 Å². The van der Waals surface area contributed by atoms with Gasteiger partial charge in [0, 0.05) is 17.2 Å². The Morgan fingerprint density at radius 1 is 1.41 bits per heavy atom. The van der Waals surface area contributed by atoms with E-state index in [2.05, 4.69) is 10.5 Å². The molecule has 4 N–H and O–H groups in total. The van der Waals surface area contributed by atoms with E-state index in [4.69, 9.17) is 10.9 Å². The summed E-state index contributed by atoms with van der Waals surface area (Å²) < 4.78 is 0. The quantitative estimate of drug-likeness (QED) is 0.316. The standard InChI is InChI=1S/C12H15N3O2/c13-11(15-17)8-3-1-4-9(7-8)12(16)14-10-5-2-6-10/h1,3-4,7,10,17H,2,5-6H2,(H2,13,15)(H,14,16). The van der Waals surface area contributed by atoms with Gasteiger partial charge in [-0.05, 0) is 31.4 Å². The second-order valence-corrected chi connectivity index (χ2v) is 4.17. The van der Waals surface area contributed by atoms with Crippen molar-refractivity contribution >= 4 is 11.7 Å². The number of hydrogen-bond donors (Lipinski definition) is 3. The van der Waals surface area contributed by atoms with E-state index in [9.17, 15) is 4.79 Å². The third-order valence-electron chi connectivity index (χ3n) is 2.97. The number of hydrogen-bond acceptors (Lipinski definition) is 3. The summed E-state index contributed by atoms with van der Waals surface area (Å²) in [5.41, 5.74) is 6.53. The van der Waals surface area contributed by atoms with Gasteiger partial charge in [-0.3, -0.25) is 4.79 Å². The van der Waals surface area contributed by atoms with Crippen LogP contribution in [0, 0.1) is 0 Å². The second-order valence-electron chi connectivity index (χ2n) is 4.17. The topological polar surface area (TPSA) is 87.7 Å². The second kappa shape index (κ2) is 4.86. The number of nitrogens with one attached hydrogen (secondary N) is 1. The first kappa shape index (κ1) is 11.4. The maximum Gasteiger partial charge on any atom is 0.251 e. The van der Waals surface area contributed by atoms with Gasteiger partial charge in [-0.1, -0.05) is 17.3 Å². The summed E-state index contributed by atoms with van der Waals surface area (Å²) in [7, 11) is 0. The summed E-state index contributed by atoms with van der Waals surface area (Å²) in [6.45, 7) is 0. The lowest BCUT2D eigenvalue weighted by molar-refractivity contribution is 0.0917. The average Bonchev–Trinajstić information content (AvgIpc) is 2.32. The minimum atomic E-state index is -0.109. The molecule has 1 aliphatic rings. The van der Waals surface area contributed by atoms with Gasteiger partial charge in [0.15, 0.2) is 5.84 Å². The summed E-state index contributed by atoms with van der Waals surface area (Å²) in [5, 5.41) is 14.4. The zero-order chi connectivity index (χ0) is 12.3. The van der Waals surface area contributed by atoms with Crippen molar-refractivity contribution in [2.75, 3.05) is 0 Å². The fraction of sp³-hybridized carbons (Fsp3) is 0.333. The van der Waals surface area contributed by atoms with Gasteiger partial charge in [-0.2, -0.15) is 0 Å². The van der Waals surface area contributed by atoms with Crippen LogP contribution in [0.1, 0.15) is 35.2 Å². The van der Waals surface area contributed by atoms with Crippen molar-refractivity contribution in [1.82, 2.24) is 5.32 Å². The number of benzene rings is 1. The maximum atomic E-state index is 11.9. The number of oxime groups is 1. The number of carbonyl (C=O) groups is 1. The Hall–Kier alpha value is -2.04. The highest BCUT2D eigenvalue weighted by Crippen LogP contribution is 2.18. The van der Waals surface area contributed by atoms with Crippen LogP contribution >= 0.6 is 0 Å². The molecule has 1 aromatic rings. The fourth-order valence-electron chi connectivity index (χ4n) is 1.70. The summed E-state index contributed by atoms with van der Waals surface area (Å²) in [4.78, 5) is 11.9. The van der Waals surface area contributed by atoms with E-state index >= 15 is 0 Å². The van der Waals surface area contributed by atoms with Crippen molar-refractivity contribution in [3.8, 4) is 0 Å². The summed E-state index contributed by atoms with van der Waals surface area (Å²) in [6, 6.07) is 7.03. The summed E-state index contributed by atoms with van der Waals surface area (Å²) in [5.74, 6) is -0.106. The predicted molar refractivity (Wildman–Crippen MR) is 64.1 cm³/mol. The highest BCUT2D eigenvalue weighted by molar-refractivity contribution is 6.01. The fourth-order valence-corrected chi connectivity index (χ4v) is 1.70. The van der Waals surface area contributed by atoms with Crippen LogP contribution in [0.15, 0.2) is 29.4 Å². The minimum absolute atomic E-state index is 0.00305. The lowest BCUT2D eigenvalue weighted by Gasteiger charge is -2.26. The number of amidine groups is 1. The van der Waals surface area contributed by atoms with E-state index in [0.29, 0.717) is 17.2 Å². The van der Waals surface area contributed by atoms with Crippen LogP contribution in [0.3, 0.4) is 0 Å². The average molecular weight is 233 g/mol. The molecule has 1 saturated carbocycles. The van der Waals surface area contributed by atoms with Crippen molar-refractivity contribution in [3.63, 3.8) is 0 Å². The van der Waals surface area contributed by atoms with Gasteiger partial charge in [0.1, 0.15) is 0 Å². The van der Waals surface area contributed by atoms with Crippen molar-refractivity contribution in [2.24, 2.45) is 10.9 Å². The highest BCUT2D eigenvalue weighted by atomic mass is 16.4. The monoisotopic (exact) mass is 233 g/mol. The van der Waals surface area contributed by atoms with Crippen molar-refractivity contribution in [1.29, 1.82) is 0 Å². The molecule has 1 amide bonds. The zero-order valence-corrected chi connectivity index (χ0v) is 9.39. The molecule has 0 atom stereocenters. The molecule has 0 unspecified atom stereocenters. The normalized spacial score (nSPS) is 16.4. The van der Waals surface area contributed by atoms with Gasteiger partial charge in [0.05, 0.1) is 0 Å². The van der Waals surface area contributed by atoms with E-state index < -0.39 is 0 Å². The summed E-state index contributed by atoms with van der Waals surface area (Å²) >= 11 is 0. The van der Waals surface area contributed by atoms with Crippen LogP contribution in [-0.2, 0) is 0 Å². The molecule has 90 valence electrons. The molecule has 17 heavy (non-hydrogen) atoms. The molecule has 5 nitrogen and oxygen atoms in total. The minimum Gasteiger partial charge on any atom is -0.409 e. The molecular formula is C12H15N3O2. The van der Waals surface area contributed by atoms with Gasteiger partial charge in [-0.25, -0.2) is 0 Å². The molecule has 2 rings (SSSR count). The third-order valence-corrected chi connectivity index (χ3v) is 2.97. The first-order valence-electron chi connectivity index (χ1n) is 5.59. The van der Waals surface area contributed by atoms with Crippen molar-refractivity contribution < 1.29 is 10.0 Å². The lowest BCUT2D eigenvalue weighted by Crippen LogP contribution is -2.39. The SMILES string of the molecule is NC(=NO)c1cccc(C(=O)NC2CCC2)c1. The molecule has 1 aliphatic carbocycles. The Balaban J connectivity index is 2.11. The number of carbonyl (C=O) groups excluding carboxylic acids is 1. The molecule has 0 heterocycles. The zero-order valence-electron chi connectivity index (χ0n) is 9.39. The van der Waals surface area contributed by atoms with Gasteiger partial charge in [0.2, 0.25) is 0 Å². The largest absolute Gasteiger partial charge is 0.409 e. The Kier molecular flexibility index (Phi) is 3.27. The van der Waals surface area contributed by atoms with Crippen LogP contribution in [0.4, 0.5) is 0 Å². The van der Waals surface area contributed by atoms with Crippen LogP contribution in [0.25, 0.3) is 0 Å². The molecule has 0 aromatic heterocycles. The Morgan fingerprint density at radius 3 is 2.71 bits per heavy atom. The molecule has 1 aromatic carbocycles. The molecule has 0 aliphatic heterocycles. The molecular weight excluding hydrogens is 218 g/mol. The van der Waals surface area contributed by atoms with Crippen LogP contribution < -0.4 is 11.1 Å². The number of amides is 1. The van der Waals surface area contributed by atoms with Crippen molar-refractivity contribution in [2.45, 2.75) is 25.3 Å². The van der Waals surface area contributed by atoms with Crippen LogP contribution in [0.5, 0.6) is 0 Å². The van der Waals surface area contributed by atoms with Gasteiger partial charge in [-0.15, -0.1) is 0 Å². The molecule has 0 saturated heterocycles.